The fraction of sp³-hybridized carbons (Fsp3) is 0.429. The van der Waals surface area contributed by atoms with Gasteiger partial charge in [-0.2, -0.15) is 0 Å². The molecule has 96 valence electrons. The Balaban J connectivity index is 2.42. The molecule has 0 aliphatic carbocycles. The van der Waals surface area contributed by atoms with Gasteiger partial charge in [-0.15, -0.1) is 0 Å². The normalized spacial score (nSPS) is 18.3. The van der Waals surface area contributed by atoms with Crippen molar-refractivity contribution in [2.75, 3.05) is 11.9 Å². The third-order valence-corrected chi connectivity index (χ3v) is 3.21. The quantitative estimate of drug-likeness (QED) is 0.770. The average Bonchev–Trinajstić information content (AvgIpc) is 2.41. The third kappa shape index (κ3) is 1.98. The van der Waals surface area contributed by atoms with Gasteiger partial charge in [0.05, 0.1) is 5.69 Å². The van der Waals surface area contributed by atoms with Crippen molar-refractivity contribution in [2.24, 2.45) is 0 Å². The van der Waals surface area contributed by atoms with Gasteiger partial charge in [-0.3, -0.25) is 9.59 Å². The smallest absolute Gasteiger partial charge is 0.267 e. The summed E-state index contributed by atoms with van der Waals surface area (Å²) >= 11 is 0. The maximum atomic E-state index is 12.0. The van der Waals surface area contributed by atoms with Gasteiger partial charge in [0.25, 0.3) is 5.91 Å². The standard InChI is InChI=1S/C14H17NO3/c1-4-11(16)9-6-7-13-10(8-9)15(3)14(17)12(5-2)18-13/h6-8,12H,4-5H2,1-3H3. The number of carbonyl (C=O) groups is 2. The Morgan fingerprint density at radius 1 is 1.39 bits per heavy atom. The summed E-state index contributed by atoms with van der Waals surface area (Å²) < 4.78 is 5.63. The molecule has 0 N–H and O–H groups in total. The summed E-state index contributed by atoms with van der Waals surface area (Å²) in [6, 6.07) is 5.25. The molecule has 2 rings (SSSR count). The molecule has 0 bridgehead atoms. The molecule has 1 aromatic rings. The van der Waals surface area contributed by atoms with E-state index in [2.05, 4.69) is 0 Å². The van der Waals surface area contributed by atoms with E-state index in [1.54, 1.807) is 30.1 Å². The molecule has 0 saturated carbocycles. The predicted octanol–water partition coefficient (Wildman–Crippen LogP) is 2.41. The SMILES string of the molecule is CCC(=O)c1ccc2c(c1)N(C)C(=O)C(CC)O2. The molecule has 1 heterocycles. The first-order valence-electron chi connectivity index (χ1n) is 6.20. The largest absolute Gasteiger partial charge is 0.478 e. The van der Waals surface area contributed by atoms with Gasteiger partial charge in [0, 0.05) is 19.0 Å². The Morgan fingerprint density at radius 2 is 2.11 bits per heavy atom. The van der Waals surface area contributed by atoms with Crippen molar-refractivity contribution >= 4 is 17.4 Å². The Bertz CT molecular complexity index is 496. The van der Waals surface area contributed by atoms with Crippen LogP contribution < -0.4 is 9.64 Å². The number of fused-ring (bicyclic) bond motifs is 1. The highest BCUT2D eigenvalue weighted by Crippen LogP contribution is 2.34. The highest BCUT2D eigenvalue weighted by molar-refractivity contribution is 6.02. The number of likely N-dealkylation sites (N-methyl/N-ethyl adjacent to an activating group) is 1. The van der Waals surface area contributed by atoms with Crippen molar-refractivity contribution < 1.29 is 14.3 Å². The van der Waals surface area contributed by atoms with Crippen LogP contribution in [0.1, 0.15) is 37.0 Å². The Morgan fingerprint density at radius 3 is 2.72 bits per heavy atom. The number of hydrogen-bond acceptors (Lipinski definition) is 3. The zero-order valence-corrected chi connectivity index (χ0v) is 10.9. The van der Waals surface area contributed by atoms with Crippen LogP contribution in [0.15, 0.2) is 18.2 Å². The number of anilines is 1. The van der Waals surface area contributed by atoms with E-state index in [9.17, 15) is 9.59 Å². The number of ether oxygens (including phenoxy) is 1. The molecule has 0 aromatic heterocycles. The van der Waals surface area contributed by atoms with Gasteiger partial charge in [0.1, 0.15) is 5.75 Å². The summed E-state index contributed by atoms with van der Waals surface area (Å²) in [7, 11) is 1.71. The first-order chi connectivity index (χ1) is 8.58. The van der Waals surface area contributed by atoms with E-state index in [1.165, 1.54) is 0 Å². The molecule has 4 nitrogen and oxygen atoms in total. The molecule has 1 aliphatic heterocycles. The molecule has 1 atom stereocenters. The summed E-state index contributed by atoms with van der Waals surface area (Å²) in [5.41, 5.74) is 1.29. The van der Waals surface area contributed by atoms with Crippen LogP contribution in [-0.4, -0.2) is 24.8 Å². The van der Waals surface area contributed by atoms with Gasteiger partial charge in [-0.1, -0.05) is 13.8 Å². The second kappa shape index (κ2) is 4.80. The number of carbonyl (C=O) groups excluding carboxylic acids is 2. The van der Waals surface area contributed by atoms with Crippen LogP contribution in [-0.2, 0) is 4.79 Å². The van der Waals surface area contributed by atoms with E-state index in [4.69, 9.17) is 4.74 Å². The van der Waals surface area contributed by atoms with Crippen LogP contribution in [0.4, 0.5) is 5.69 Å². The number of benzene rings is 1. The minimum absolute atomic E-state index is 0.0638. The Kier molecular flexibility index (Phi) is 3.36. The number of ketones is 1. The van der Waals surface area contributed by atoms with Gasteiger partial charge in [0.2, 0.25) is 0 Å². The molecular weight excluding hydrogens is 230 g/mol. The fourth-order valence-electron chi connectivity index (χ4n) is 2.05. The van der Waals surface area contributed by atoms with Crippen LogP contribution in [0.2, 0.25) is 0 Å². The highest BCUT2D eigenvalue weighted by atomic mass is 16.5. The first-order valence-corrected chi connectivity index (χ1v) is 6.20. The minimum Gasteiger partial charge on any atom is -0.478 e. The maximum Gasteiger partial charge on any atom is 0.267 e. The second-order valence-corrected chi connectivity index (χ2v) is 4.37. The first kappa shape index (κ1) is 12.6. The van der Waals surface area contributed by atoms with Crippen molar-refractivity contribution in [1.29, 1.82) is 0 Å². The topological polar surface area (TPSA) is 46.6 Å². The lowest BCUT2D eigenvalue weighted by Gasteiger charge is -2.31. The predicted molar refractivity (Wildman–Crippen MR) is 69.2 cm³/mol. The summed E-state index contributed by atoms with van der Waals surface area (Å²) in [4.78, 5) is 25.2. The summed E-state index contributed by atoms with van der Waals surface area (Å²) in [6.07, 6.45) is 0.669. The Hall–Kier alpha value is -1.84. The van der Waals surface area contributed by atoms with Crippen molar-refractivity contribution in [3.8, 4) is 5.75 Å². The van der Waals surface area contributed by atoms with E-state index in [1.807, 2.05) is 13.8 Å². The lowest BCUT2D eigenvalue weighted by molar-refractivity contribution is -0.126. The summed E-state index contributed by atoms with van der Waals surface area (Å²) in [6.45, 7) is 3.73. The minimum atomic E-state index is -0.421. The molecule has 0 fully saturated rings. The molecule has 1 aromatic carbocycles. The molecule has 4 heteroatoms. The number of rotatable bonds is 3. The van der Waals surface area contributed by atoms with Gasteiger partial charge < -0.3 is 9.64 Å². The molecule has 1 aliphatic rings. The van der Waals surface area contributed by atoms with Gasteiger partial charge in [-0.25, -0.2) is 0 Å². The van der Waals surface area contributed by atoms with Crippen molar-refractivity contribution in [1.82, 2.24) is 0 Å². The van der Waals surface area contributed by atoms with Crippen LogP contribution in [0.25, 0.3) is 0 Å². The van der Waals surface area contributed by atoms with E-state index in [0.29, 0.717) is 29.8 Å². The third-order valence-electron chi connectivity index (χ3n) is 3.21. The number of nitrogens with zero attached hydrogens (tertiary/aromatic N) is 1. The van der Waals surface area contributed by atoms with Gasteiger partial charge >= 0.3 is 0 Å². The van der Waals surface area contributed by atoms with Gasteiger partial charge in [0.15, 0.2) is 11.9 Å². The van der Waals surface area contributed by atoms with Crippen LogP contribution in [0, 0.1) is 0 Å². The number of amides is 1. The van der Waals surface area contributed by atoms with Crippen molar-refractivity contribution in [2.45, 2.75) is 32.8 Å². The van der Waals surface area contributed by atoms with Crippen molar-refractivity contribution in [3.63, 3.8) is 0 Å². The van der Waals surface area contributed by atoms with E-state index >= 15 is 0 Å². The van der Waals surface area contributed by atoms with E-state index < -0.39 is 6.10 Å². The van der Waals surface area contributed by atoms with E-state index in [-0.39, 0.29) is 11.7 Å². The van der Waals surface area contributed by atoms with Crippen LogP contribution in [0.5, 0.6) is 5.75 Å². The molecule has 0 radical (unpaired) electrons. The lowest BCUT2D eigenvalue weighted by atomic mass is 10.1. The fourth-order valence-corrected chi connectivity index (χ4v) is 2.05. The van der Waals surface area contributed by atoms with E-state index in [0.717, 1.165) is 0 Å². The average molecular weight is 247 g/mol. The molecule has 1 amide bonds. The van der Waals surface area contributed by atoms with Crippen LogP contribution in [0.3, 0.4) is 0 Å². The zero-order valence-electron chi connectivity index (χ0n) is 10.9. The maximum absolute atomic E-state index is 12.0. The zero-order chi connectivity index (χ0) is 13.3. The summed E-state index contributed by atoms with van der Waals surface area (Å²) in [5.74, 6) is 0.666. The second-order valence-electron chi connectivity index (χ2n) is 4.37. The summed E-state index contributed by atoms with van der Waals surface area (Å²) in [5, 5.41) is 0. The molecular formula is C14H17NO3. The number of hydrogen-bond donors (Lipinski definition) is 0. The molecule has 18 heavy (non-hydrogen) atoms. The molecule has 0 saturated heterocycles. The Labute approximate surface area is 107 Å². The van der Waals surface area contributed by atoms with Crippen molar-refractivity contribution in [3.05, 3.63) is 23.8 Å². The highest BCUT2D eigenvalue weighted by Gasteiger charge is 2.31. The lowest BCUT2D eigenvalue weighted by Crippen LogP contribution is -2.43. The molecule has 0 spiro atoms. The molecule has 1 unspecified atom stereocenters. The number of Topliss-reactive ketones (excluding diaryl/α,β-unsaturated/α-hetero) is 1. The monoisotopic (exact) mass is 247 g/mol. The van der Waals surface area contributed by atoms with Crippen LogP contribution >= 0.6 is 0 Å². The van der Waals surface area contributed by atoms with Gasteiger partial charge in [-0.05, 0) is 24.6 Å².